The van der Waals surface area contributed by atoms with Crippen LogP contribution in [0.25, 0.3) is 21.8 Å². The number of phenolic OH excluding ortho intramolecular Hbond substituents is 1. The zero-order valence-corrected chi connectivity index (χ0v) is 49.5. The SMILES string of the molecule is NC(=O)CNC(=O)[C@@H]1CCCN1C(=O)[C@H](Cc1ccc(O)cc1)NC(=O)[C@H](Cc1c[nH]c2ccccc12)NC(=O)[C@@H](CO)NC(=O)[C@H](Cc1cnc[nH]1)NC(=O)[C@H](CO)NC(=O)[C@H](Cc1c[nH]c2ccccc12)NC(=O)[C@H](Cc1cnc[nH]1)NC(=O)[C@@H]1CCC(=O)N1. The van der Waals surface area contributed by atoms with Crippen molar-refractivity contribution in [2.45, 2.75) is 112 Å². The lowest BCUT2D eigenvalue weighted by Crippen LogP contribution is -2.62. The Bertz CT molecular complexity index is 3800. The highest BCUT2D eigenvalue weighted by Crippen LogP contribution is 2.24. The Balaban J connectivity index is 0.928. The zero-order valence-electron chi connectivity index (χ0n) is 49.5. The summed E-state index contributed by atoms with van der Waals surface area (Å²) in [5.74, 6) is -9.21. The largest absolute Gasteiger partial charge is 0.508 e. The number of nitrogens with two attached hydrogens (primary N) is 1. The van der Waals surface area contributed by atoms with Crippen molar-refractivity contribution in [1.82, 2.24) is 82.7 Å². The number of aromatic hydroxyl groups is 1. The molecule has 2 aliphatic heterocycles. The van der Waals surface area contributed by atoms with E-state index in [4.69, 9.17) is 5.73 Å². The third-order valence-electron chi connectivity index (χ3n) is 15.9. The molecule has 0 bridgehead atoms. The van der Waals surface area contributed by atoms with Crippen LogP contribution in [0.5, 0.6) is 5.75 Å². The van der Waals surface area contributed by atoms with Crippen molar-refractivity contribution in [3.8, 4) is 5.75 Å². The predicted octanol–water partition coefficient (Wildman–Crippen LogP) is -3.44. The molecular weight excluding hydrogens is 1190 g/mol. The summed E-state index contributed by atoms with van der Waals surface area (Å²) >= 11 is 0. The summed E-state index contributed by atoms with van der Waals surface area (Å²) in [6.07, 6.45) is 8.55. The molecule has 2 saturated heterocycles. The first-order valence-electron chi connectivity index (χ1n) is 29.7. The Morgan fingerprint density at radius 3 is 1.49 bits per heavy atom. The number of nitrogens with zero attached hydrogens (tertiary/aromatic N) is 3. The average Bonchev–Trinajstić information content (AvgIpc) is 1.72. The van der Waals surface area contributed by atoms with E-state index in [0.717, 1.165) is 0 Å². The first-order valence-corrected chi connectivity index (χ1v) is 29.7. The van der Waals surface area contributed by atoms with E-state index in [-0.39, 0.29) is 75.3 Å². The van der Waals surface area contributed by atoms with Gasteiger partial charge in [-0.05, 0) is 60.2 Å². The van der Waals surface area contributed by atoms with Gasteiger partial charge in [0.1, 0.15) is 60.1 Å². The number of imidazole rings is 2. The molecule has 9 atom stereocenters. The molecule has 0 unspecified atom stereocenters. The molecule has 6 heterocycles. The van der Waals surface area contributed by atoms with Gasteiger partial charge in [-0.15, -0.1) is 0 Å². The minimum atomic E-state index is -1.83. The second-order valence-corrected chi connectivity index (χ2v) is 22.4. The highest BCUT2D eigenvalue weighted by atomic mass is 16.3. The zero-order chi connectivity index (χ0) is 65.4. The number of primary amides is 1. The number of nitrogens with one attached hydrogen (secondary N) is 13. The third kappa shape index (κ3) is 16.9. The van der Waals surface area contributed by atoms with E-state index in [9.17, 15) is 68.1 Å². The Morgan fingerprint density at radius 1 is 0.554 bits per heavy atom. The molecule has 0 saturated carbocycles. The molecule has 31 heteroatoms. The van der Waals surface area contributed by atoms with Crippen molar-refractivity contribution in [2.24, 2.45) is 5.73 Å². The molecular formula is C61H71N17O14. The van der Waals surface area contributed by atoms with E-state index in [0.29, 0.717) is 50.6 Å². The number of carbonyl (C=O) groups is 11. The maximum absolute atomic E-state index is 14.8. The molecule has 0 radical (unpaired) electrons. The quantitative estimate of drug-likeness (QED) is 0.0208. The Kier molecular flexibility index (Phi) is 21.7. The Morgan fingerprint density at radius 2 is 1.02 bits per heavy atom. The fourth-order valence-electron chi connectivity index (χ4n) is 11.1. The van der Waals surface area contributed by atoms with Gasteiger partial charge in [-0.1, -0.05) is 48.5 Å². The Hall–Kier alpha value is -11.0. The number of aliphatic hydroxyl groups excluding tert-OH is 2. The normalized spacial score (nSPS) is 16.8. The minimum Gasteiger partial charge on any atom is -0.508 e. The number of para-hydroxylation sites is 2. The standard InChI is InChI=1S/C61H71N17O14/c62-51(82)27-67-60(91)50-10-5-17-78(50)61(92)47(18-32-11-13-37(81)14-12-32)75-54(85)43(19-33-23-65-40-8-3-1-6-38(33)40)72-58(89)48(28-79)77-57(88)46(22-36-26-64-31-69-36)74-59(90)49(29-80)76-55(86)44(20-34-24-66-41-9-4-2-7-39(34)41)71-56(87)45(21-35-25-63-30-68-35)73-53(84)42-15-16-52(83)70-42/h1-4,6-9,11-14,23-26,30-31,42-50,65-66,79-81H,5,10,15-22,27-29H2,(H2,62,82)(H,63,68)(H,64,69)(H,67,91)(H,70,83)(H,71,87)(H,72,89)(H,73,84)(H,74,90)(H,75,85)(H,76,86)(H,77,88)/t42-,43-,44-,45-,46-,47-,48+,49-,50-/m0/s1. The molecule has 11 amide bonds. The van der Waals surface area contributed by atoms with E-state index in [1.54, 1.807) is 60.9 Å². The van der Waals surface area contributed by atoms with E-state index in [2.05, 4.69) is 77.8 Å². The van der Waals surface area contributed by atoms with Gasteiger partial charge < -0.3 is 93.7 Å². The van der Waals surface area contributed by atoms with Gasteiger partial charge >= 0.3 is 0 Å². The first-order chi connectivity index (χ1) is 44.3. The van der Waals surface area contributed by atoms with Gasteiger partial charge in [0.2, 0.25) is 65.0 Å². The van der Waals surface area contributed by atoms with Crippen LogP contribution >= 0.6 is 0 Å². The number of benzene rings is 3. The number of aromatic nitrogens is 6. The van der Waals surface area contributed by atoms with Crippen LogP contribution in [0.2, 0.25) is 0 Å². The van der Waals surface area contributed by atoms with E-state index < -0.39 is 133 Å². The summed E-state index contributed by atoms with van der Waals surface area (Å²) in [4.78, 5) is 173. The average molecular weight is 1270 g/mol. The second kappa shape index (κ2) is 30.5. The summed E-state index contributed by atoms with van der Waals surface area (Å²) in [6, 6.07) is 7.05. The molecule has 2 fully saturated rings. The van der Waals surface area contributed by atoms with Crippen LogP contribution < -0.4 is 53.6 Å². The van der Waals surface area contributed by atoms with Gasteiger partial charge in [0.05, 0.1) is 32.4 Å². The summed E-state index contributed by atoms with van der Waals surface area (Å²) < 4.78 is 0. The molecule has 92 heavy (non-hydrogen) atoms. The van der Waals surface area contributed by atoms with Crippen LogP contribution in [-0.2, 0) is 84.8 Å². The predicted molar refractivity (Wildman–Crippen MR) is 326 cm³/mol. The number of H-pyrrole nitrogens is 4. The maximum atomic E-state index is 14.8. The lowest BCUT2D eigenvalue weighted by atomic mass is 10.0. The summed E-state index contributed by atoms with van der Waals surface area (Å²) in [6.45, 7) is -2.49. The molecule has 7 aromatic rings. The lowest BCUT2D eigenvalue weighted by Gasteiger charge is -2.30. The number of amides is 11. The number of rotatable bonds is 30. The van der Waals surface area contributed by atoms with Gasteiger partial charge in [-0.2, -0.15) is 0 Å². The smallest absolute Gasteiger partial charge is 0.246 e. The number of hydrogen-bond acceptors (Lipinski definition) is 16. The number of hydrogen-bond donors (Lipinski definition) is 17. The number of aliphatic hydroxyl groups is 2. The topological polar surface area (TPSA) is 475 Å². The number of aromatic amines is 4. The molecule has 18 N–H and O–H groups in total. The highest BCUT2D eigenvalue weighted by molar-refractivity contribution is 6.00. The van der Waals surface area contributed by atoms with Crippen LogP contribution in [-0.4, -0.2) is 196 Å². The van der Waals surface area contributed by atoms with Crippen LogP contribution in [0.1, 0.15) is 53.8 Å². The lowest BCUT2D eigenvalue weighted by molar-refractivity contribution is -0.142. The molecule has 0 aliphatic carbocycles. The van der Waals surface area contributed by atoms with Crippen LogP contribution in [0, 0.1) is 0 Å². The summed E-state index contributed by atoms with van der Waals surface area (Å²) in [5.41, 5.74) is 8.94. The maximum Gasteiger partial charge on any atom is 0.246 e. The molecule has 4 aromatic heterocycles. The van der Waals surface area contributed by atoms with Crippen molar-refractivity contribution in [2.75, 3.05) is 26.3 Å². The molecule has 31 nitrogen and oxygen atoms in total. The molecule has 2 aliphatic rings. The Labute approximate surface area is 524 Å². The van der Waals surface area contributed by atoms with Crippen LogP contribution in [0.15, 0.2) is 110 Å². The van der Waals surface area contributed by atoms with Crippen molar-refractivity contribution in [3.63, 3.8) is 0 Å². The second-order valence-electron chi connectivity index (χ2n) is 22.4. The first kappa shape index (κ1) is 65.5. The molecule has 484 valence electrons. The van der Waals surface area contributed by atoms with Crippen molar-refractivity contribution < 1.29 is 68.1 Å². The van der Waals surface area contributed by atoms with E-state index in [1.165, 1.54) is 54.2 Å². The number of likely N-dealkylation sites (tertiary alicyclic amines) is 1. The van der Waals surface area contributed by atoms with Gasteiger partial charge in [0.25, 0.3) is 0 Å². The highest BCUT2D eigenvalue weighted by Gasteiger charge is 2.40. The molecule has 0 spiro atoms. The number of carbonyl (C=O) groups excluding carboxylic acids is 11. The summed E-state index contributed by atoms with van der Waals surface area (Å²) in [7, 11) is 0. The number of fused-ring (bicyclic) bond motifs is 2. The fourth-order valence-corrected chi connectivity index (χ4v) is 11.1. The third-order valence-corrected chi connectivity index (χ3v) is 15.9. The van der Waals surface area contributed by atoms with Crippen molar-refractivity contribution in [3.05, 3.63) is 138 Å². The fraction of sp³-hybridized carbons (Fsp3) is 0.361. The van der Waals surface area contributed by atoms with Gasteiger partial charge in [-0.3, -0.25) is 52.7 Å². The summed E-state index contributed by atoms with van der Waals surface area (Å²) in [5, 5.41) is 56.1. The van der Waals surface area contributed by atoms with Gasteiger partial charge in [-0.25, -0.2) is 9.97 Å². The monoisotopic (exact) mass is 1270 g/mol. The van der Waals surface area contributed by atoms with Gasteiger partial charge in [0, 0.05) is 103 Å². The van der Waals surface area contributed by atoms with Crippen LogP contribution in [0.3, 0.4) is 0 Å². The van der Waals surface area contributed by atoms with Crippen molar-refractivity contribution >= 4 is 86.8 Å². The molecule has 3 aromatic carbocycles. The van der Waals surface area contributed by atoms with Crippen LogP contribution in [0.4, 0.5) is 0 Å². The minimum absolute atomic E-state index is 0.0744. The van der Waals surface area contributed by atoms with Gasteiger partial charge in [0.15, 0.2) is 0 Å². The number of phenols is 1. The van der Waals surface area contributed by atoms with E-state index in [1.807, 2.05) is 0 Å². The van der Waals surface area contributed by atoms with Crippen molar-refractivity contribution in [1.29, 1.82) is 0 Å². The molecule has 9 rings (SSSR count). The van der Waals surface area contributed by atoms with E-state index >= 15 is 0 Å².